The molecule has 148 valence electrons. The van der Waals surface area contributed by atoms with Gasteiger partial charge in [0.2, 0.25) is 0 Å². The molecule has 0 aromatic carbocycles. The quantitative estimate of drug-likeness (QED) is 0.314. The van der Waals surface area contributed by atoms with Crippen molar-refractivity contribution in [2.75, 3.05) is 14.1 Å². The predicted octanol–water partition coefficient (Wildman–Crippen LogP) is 4.42. The van der Waals surface area contributed by atoms with Crippen molar-refractivity contribution in [1.82, 2.24) is 5.32 Å². The molecule has 0 saturated carbocycles. The van der Waals surface area contributed by atoms with Gasteiger partial charge in [0.05, 0.1) is 0 Å². The Morgan fingerprint density at radius 2 is 1.33 bits per heavy atom. The van der Waals surface area contributed by atoms with Gasteiger partial charge in [0.25, 0.3) is 0 Å². The van der Waals surface area contributed by atoms with E-state index in [4.69, 9.17) is 4.55 Å². The second-order valence-corrected chi connectivity index (χ2v) is 6.96. The fraction of sp³-hybridized carbons (Fsp3) is 1.00. The van der Waals surface area contributed by atoms with Crippen LogP contribution in [0.15, 0.2) is 0 Å². The Balaban J connectivity index is 0. The van der Waals surface area contributed by atoms with Crippen LogP contribution >= 0.6 is 0 Å². The first-order valence-corrected chi connectivity index (χ1v) is 9.29. The summed E-state index contributed by atoms with van der Waals surface area (Å²) in [6.07, 6.45) is 0.689. The fourth-order valence-corrected chi connectivity index (χ4v) is 2.29. The minimum atomic E-state index is -6.37. The van der Waals surface area contributed by atoms with Gasteiger partial charge in [0, 0.05) is 0 Å². The summed E-state index contributed by atoms with van der Waals surface area (Å²) in [6.45, 7) is 2.02. The summed E-state index contributed by atoms with van der Waals surface area (Å²) in [4.78, 5) is 0. The molecule has 0 bridgehead atoms. The zero-order valence-corrected chi connectivity index (χ0v) is 15.1. The molecule has 1 unspecified atom stereocenters. The molecule has 0 aromatic heterocycles. The molecule has 0 amide bonds. The molecule has 0 rings (SSSR count). The number of nitrogens with one attached hydrogen (secondary N) is 1. The standard InChI is InChI=1S/C12H21F5O3S.C2H7N/c1-2-3-4-5-6-7-8-9-10(13)11(14,15)12(16,17)21(18,19)20;1-3-2/h10H,2-9H2,1H3,(H,18,19,20);3H,1-2H3. The highest BCUT2D eigenvalue weighted by atomic mass is 32.2. The van der Waals surface area contributed by atoms with Gasteiger partial charge in [0.15, 0.2) is 6.17 Å². The maximum absolute atomic E-state index is 13.2. The maximum Gasteiger partial charge on any atom is 0.434 e. The van der Waals surface area contributed by atoms with Crippen LogP contribution in [0.3, 0.4) is 0 Å². The van der Waals surface area contributed by atoms with Crippen molar-refractivity contribution in [1.29, 1.82) is 0 Å². The highest BCUT2D eigenvalue weighted by molar-refractivity contribution is 7.87. The molecule has 0 aliphatic heterocycles. The number of halogens is 5. The van der Waals surface area contributed by atoms with E-state index in [1.165, 1.54) is 0 Å². The van der Waals surface area contributed by atoms with Crippen LogP contribution in [0.4, 0.5) is 22.0 Å². The molecular weight excluding hydrogens is 357 g/mol. The Bertz CT molecular complexity index is 419. The molecule has 0 spiro atoms. The smallest absolute Gasteiger partial charge is 0.323 e. The van der Waals surface area contributed by atoms with Crippen LogP contribution in [0.5, 0.6) is 0 Å². The van der Waals surface area contributed by atoms with Crippen LogP contribution in [-0.2, 0) is 10.1 Å². The lowest BCUT2D eigenvalue weighted by Crippen LogP contribution is -2.52. The second kappa shape index (κ2) is 12.0. The highest BCUT2D eigenvalue weighted by Gasteiger charge is 2.69. The number of unbranched alkanes of at least 4 members (excludes halogenated alkanes) is 6. The summed E-state index contributed by atoms with van der Waals surface area (Å²) in [5.41, 5.74) is 0. The first-order chi connectivity index (χ1) is 10.9. The lowest BCUT2D eigenvalue weighted by atomic mass is 10.0. The first kappa shape index (κ1) is 25.8. The molecule has 0 radical (unpaired) electrons. The minimum absolute atomic E-state index is 0.0512. The topological polar surface area (TPSA) is 66.4 Å². The van der Waals surface area contributed by atoms with Gasteiger partial charge in [0.1, 0.15) is 0 Å². The van der Waals surface area contributed by atoms with Gasteiger partial charge >= 0.3 is 21.3 Å². The van der Waals surface area contributed by atoms with Crippen LogP contribution in [0.2, 0.25) is 0 Å². The van der Waals surface area contributed by atoms with Crippen molar-refractivity contribution in [2.45, 2.75) is 75.6 Å². The van der Waals surface area contributed by atoms with Crippen molar-refractivity contribution in [3.63, 3.8) is 0 Å². The van der Waals surface area contributed by atoms with E-state index < -0.39 is 33.9 Å². The summed E-state index contributed by atoms with van der Waals surface area (Å²) in [5.74, 6) is -5.46. The van der Waals surface area contributed by atoms with E-state index in [1.54, 1.807) is 0 Å². The third-order valence-electron chi connectivity index (χ3n) is 3.17. The van der Waals surface area contributed by atoms with Crippen LogP contribution in [0.1, 0.15) is 58.3 Å². The van der Waals surface area contributed by atoms with E-state index in [0.29, 0.717) is 12.8 Å². The summed E-state index contributed by atoms with van der Waals surface area (Å²) in [7, 11) is -2.62. The summed E-state index contributed by atoms with van der Waals surface area (Å²) in [5, 5.41) is -3.08. The van der Waals surface area contributed by atoms with Crippen molar-refractivity contribution >= 4 is 10.1 Å². The van der Waals surface area contributed by atoms with Gasteiger partial charge in [-0.2, -0.15) is 26.0 Å². The Hall–Kier alpha value is -0.480. The average molecular weight is 385 g/mol. The van der Waals surface area contributed by atoms with Crippen molar-refractivity contribution in [3.05, 3.63) is 0 Å². The first-order valence-electron chi connectivity index (χ1n) is 7.85. The molecule has 2 N–H and O–H groups in total. The predicted molar refractivity (Wildman–Crippen MR) is 83.9 cm³/mol. The Morgan fingerprint density at radius 3 is 1.71 bits per heavy atom. The van der Waals surface area contributed by atoms with E-state index in [0.717, 1.165) is 25.7 Å². The van der Waals surface area contributed by atoms with Crippen LogP contribution in [0.25, 0.3) is 0 Å². The minimum Gasteiger partial charge on any atom is -0.323 e. The van der Waals surface area contributed by atoms with Crippen molar-refractivity contribution in [3.8, 4) is 0 Å². The third kappa shape index (κ3) is 8.57. The second-order valence-electron chi connectivity index (χ2n) is 5.49. The molecule has 0 aliphatic carbocycles. The van der Waals surface area contributed by atoms with Crippen LogP contribution < -0.4 is 5.32 Å². The van der Waals surface area contributed by atoms with E-state index >= 15 is 0 Å². The van der Waals surface area contributed by atoms with E-state index in [1.807, 2.05) is 21.0 Å². The Kier molecular flexibility index (Phi) is 12.8. The number of hydrogen-bond acceptors (Lipinski definition) is 3. The van der Waals surface area contributed by atoms with Crippen molar-refractivity contribution < 1.29 is 34.9 Å². The molecule has 4 nitrogen and oxygen atoms in total. The molecule has 0 heterocycles. The SMILES string of the molecule is CCCCCCCCCC(F)C(F)(F)C(F)(F)S(=O)(=O)O.CNC. The van der Waals surface area contributed by atoms with Gasteiger partial charge in [-0.15, -0.1) is 0 Å². The van der Waals surface area contributed by atoms with Gasteiger partial charge in [-0.1, -0.05) is 51.9 Å². The molecule has 0 saturated heterocycles. The molecule has 1 atom stereocenters. The monoisotopic (exact) mass is 385 g/mol. The zero-order valence-electron chi connectivity index (χ0n) is 14.3. The molecule has 0 fully saturated rings. The largest absolute Gasteiger partial charge is 0.434 e. The van der Waals surface area contributed by atoms with Gasteiger partial charge in [-0.3, -0.25) is 4.55 Å². The van der Waals surface area contributed by atoms with Crippen LogP contribution in [-0.4, -0.2) is 44.4 Å². The zero-order chi connectivity index (χ0) is 19.4. The normalized spacial score (nSPS) is 14.0. The number of alkyl halides is 5. The Labute approximate surface area is 140 Å². The molecule has 0 aliphatic rings. The van der Waals surface area contributed by atoms with Gasteiger partial charge in [-0.25, -0.2) is 4.39 Å². The van der Waals surface area contributed by atoms with Crippen LogP contribution in [0, 0.1) is 0 Å². The number of rotatable bonds is 11. The lowest BCUT2D eigenvalue weighted by molar-refractivity contribution is -0.198. The number of hydrogen-bond donors (Lipinski definition) is 2. The van der Waals surface area contributed by atoms with E-state index in [2.05, 4.69) is 5.32 Å². The Morgan fingerprint density at radius 1 is 0.958 bits per heavy atom. The molecular formula is C14H28F5NO3S. The van der Waals surface area contributed by atoms with Crippen molar-refractivity contribution in [2.24, 2.45) is 0 Å². The highest BCUT2D eigenvalue weighted by Crippen LogP contribution is 2.43. The molecule has 0 aromatic rings. The third-order valence-corrected chi connectivity index (χ3v) is 4.09. The average Bonchev–Trinajstić information content (AvgIpc) is 2.45. The molecule has 24 heavy (non-hydrogen) atoms. The summed E-state index contributed by atoms with van der Waals surface area (Å²) < 4.78 is 93.7. The van der Waals surface area contributed by atoms with Gasteiger partial charge in [-0.05, 0) is 20.5 Å². The maximum atomic E-state index is 13.2. The van der Waals surface area contributed by atoms with Gasteiger partial charge < -0.3 is 5.32 Å². The summed E-state index contributed by atoms with van der Waals surface area (Å²) in [6, 6.07) is 0. The van der Waals surface area contributed by atoms with E-state index in [-0.39, 0.29) is 6.42 Å². The fourth-order valence-electron chi connectivity index (χ4n) is 1.82. The molecule has 10 heteroatoms. The summed E-state index contributed by atoms with van der Waals surface area (Å²) >= 11 is 0. The van der Waals surface area contributed by atoms with E-state index in [9.17, 15) is 30.4 Å². The lowest BCUT2D eigenvalue weighted by Gasteiger charge is -2.26.